The van der Waals surface area contributed by atoms with E-state index in [0.717, 1.165) is 37.4 Å². The summed E-state index contributed by atoms with van der Waals surface area (Å²) in [4.78, 5) is 4.03. The van der Waals surface area contributed by atoms with E-state index in [0.29, 0.717) is 6.04 Å². The molecule has 108 valence electrons. The van der Waals surface area contributed by atoms with Crippen LogP contribution in [0.25, 0.3) is 0 Å². The fourth-order valence-corrected chi connectivity index (χ4v) is 3.88. The first-order chi connectivity index (χ1) is 9.78. The number of aromatic nitrogens is 1. The van der Waals surface area contributed by atoms with Crippen molar-refractivity contribution in [2.45, 2.75) is 52.1 Å². The fraction of sp³-hybridized carbons (Fsp3) is 0.562. The maximum absolute atomic E-state index is 5.45. The Morgan fingerprint density at radius 2 is 2.40 bits per heavy atom. The minimum Gasteiger partial charge on any atom is -0.361 e. The molecule has 2 aromatic heterocycles. The monoisotopic (exact) mass is 290 g/mol. The summed E-state index contributed by atoms with van der Waals surface area (Å²) in [6.45, 7) is 6.58. The molecular formula is C16H22N2OS. The summed E-state index contributed by atoms with van der Waals surface area (Å²) in [5.74, 6) is 1.03. The van der Waals surface area contributed by atoms with Crippen molar-refractivity contribution < 1.29 is 4.52 Å². The molecule has 2 aromatic rings. The van der Waals surface area contributed by atoms with Crippen LogP contribution in [0.15, 0.2) is 22.0 Å². The zero-order valence-corrected chi connectivity index (χ0v) is 13.1. The number of rotatable bonds is 5. The summed E-state index contributed by atoms with van der Waals surface area (Å²) in [6.07, 6.45) is 4.55. The second-order valence-electron chi connectivity index (χ2n) is 5.62. The first-order valence-electron chi connectivity index (χ1n) is 7.50. The Bertz CT molecular complexity index is 560. The highest BCUT2D eigenvalue weighted by molar-refractivity contribution is 7.10. The normalized spacial score (nSPS) is 19.8. The molecule has 3 rings (SSSR count). The molecule has 1 aliphatic heterocycles. The van der Waals surface area contributed by atoms with Gasteiger partial charge in [0.15, 0.2) is 0 Å². The molecule has 1 atom stereocenters. The molecule has 0 amide bonds. The van der Waals surface area contributed by atoms with Crippen molar-refractivity contribution in [3.63, 3.8) is 0 Å². The van der Waals surface area contributed by atoms with Crippen molar-refractivity contribution in [1.82, 2.24) is 10.1 Å². The van der Waals surface area contributed by atoms with Crippen LogP contribution in [-0.2, 0) is 13.0 Å². The number of thiophene rings is 1. The van der Waals surface area contributed by atoms with Gasteiger partial charge >= 0.3 is 0 Å². The van der Waals surface area contributed by atoms with E-state index >= 15 is 0 Å². The Morgan fingerprint density at radius 1 is 1.50 bits per heavy atom. The van der Waals surface area contributed by atoms with Crippen LogP contribution in [0.2, 0.25) is 0 Å². The minimum absolute atomic E-state index is 0.436. The predicted molar refractivity (Wildman–Crippen MR) is 81.9 cm³/mol. The van der Waals surface area contributed by atoms with Crippen LogP contribution in [0.1, 0.15) is 54.1 Å². The Hall–Kier alpha value is -1.13. The SMILES string of the molecule is CCCc1cc([C@H]2CCCN2Cc2sccc2C)no1. The number of hydrogen-bond acceptors (Lipinski definition) is 4. The van der Waals surface area contributed by atoms with Gasteiger partial charge in [0, 0.05) is 23.9 Å². The van der Waals surface area contributed by atoms with E-state index in [-0.39, 0.29) is 0 Å². The number of nitrogens with zero attached hydrogens (tertiary/aromatic N) is 2. The lowest BCUT2D eigenvalue weighted by molar-refractivity contribution is 0.238. The molecule has 0 radical (unpaired) electrons. The summed E-state index contributed by atoms with van der Waals surface area (Å²) in [6, 6.07) is 4.81. The van der Waals surface area contributed by atoms with Gasteiger partial charge in [-0.15, -0.1) is 11.3 Å². The van der Waals surface area contributed by atoms with Gasteiger partial charge in [-0.2, -0.15) is 0 Å². The molecule has 0 bridgehead atoms. The standard InChI is InChI=1S/C16H22N2OS/c1-3-5-13-10-14(17-19-13)15-6-4-8-18(15)11-16-12(2)7-9-20-16/h7,9-10,15H,3-6,8,11H2,1-2H3/t15-/m1/s1. The molecule has 3 nitrogen and oxygen atoms in total. The molecule has 0 N–H and O–H groups in total. The average Bonchev–Trinajstić information content (AvgIpc) is 3.13. The average molecular weight is 290 g/mol. The first-order valence-corrected chi connectivity index (χ1v) is 8.38. The third-order valence-corrected chi connectivity index (χ3v) is 5.10. The number of likely N-dealkylation sites (tertiary alicyclic amines) is 1. The zero-order valence-electron chi connectivity index (χ0n) is 12.3. The van der Waals surface area contributed by atoms with Crippen molar-refractivity contribution >= 4 is 11.3 Å². The highest BCUT2D eigenvalue weighted by atomic mass is 32.1. The summed E-state index contributed by atoms with van der Waals surface area (Å²) in [5.41, 5.74) is 2.53. The fourth-order valence-electron chi connectivity index (χ4n) is 2.95. The van der Waals surface area contributed by atoms with Crippen LogP contribution in [-0.4, -0.2) is 16.6 Å². The molecule has 0 saturated carbocycles. The summed E-state index contributed by atoms with van der Waals surface area (Å²) >= 11 is 1.86. The van der Waals surface area contributed by atoms with Crippen LogP contribution in [0.5, 0.6) is 0 Å². The Kier molecular flexibility index (Phi) is 4.22. The summed E-state index contributed by atoms with van der Waals surface area (Å²) < 4.78 is 5.45. The van der Waals surface area contributed by atoms with E-state index in [1.807, 2.05) is 11.3 Å². The first kappa shape index (κ1) is 13.8. The smallest absolute Gasteiger partial charge is 0.137 e. The summed E-state index contributed by atoms with van der Waals surface area (Å²) in [5, 5.41) is 6.49. The van der Waals surface area contributed by atoms with E-state index in [4.69, 9.17) is 4.52 Å². The summed E-state index contributed by atoms with van der Waals surface area (Å²) in [7, 11) is 0. The number of hydrogen-bond donors (Lipinski definition) is 0. The zero-order chi connectivity index (χ0) is 13.9. The van der Waals surface area contributed by atoms with Gasteiger partial charge in [-0.1, -0.05) is 12.1 Å². The molecule has 3 heterocycles. The maximum Gasteiger partial charge on any atom is 0.137 e. The van der Waals surface area contributed by atoms with Gasteiger partial charge in [0.1, 0.15) is 11.5 Å². The second-order valence-corrected chi connectivity index (χ2v) is 6.62. The van der Waals surface area contributed by atoms with E-state index in [1.54, 1.807) is 0 Å². The van der Waals surface area contributed by atoms with Gasteiger partial charge in [0.2, 0.25) is 0 Å². The predicted octanol–water partition coefficient (Wildman–Crippen LogP) is 4.33. The molecular weight excluding hydrogens is 268 g/mol. The van der Waals surface area contributed by atoms with E-state index in [1.165, 1.54) is 23.3 Å². The van der Waals surface area contributed by atoms with Gasteiger partial charge in [0.05, 0.1) is 6.04 Å². The lowest BCUT2D eigenvalue weighted by Crippen LogP contribution is -2.22. The highest BCUT2D eigenvalue weighted by Gasteiger charge is 2.29. The second kappa shape index (κ2) is 6.10. The minimum atomic E-state index is 0.436. The topological polar surface area (TPSA) is 29.3 Å². The van der Waals surface area contributed by atoms with Crippen LogP contribution in [0.4, 0.5) is 0 Å². The largest absolute Gasteiger partial charge is 0.361 e. The van der Waals surface area contributed by atoms with Crippen molar-refractivity contribution in [2.24, 2.45) is 0 Å². The molecule has 4 heteroatoms. The maximum atomic E-state index is 5.45. The van der Waals surface area contributed by atoms with Gasteiger partial charge in [-0.05, 0) is 49.7 Å². The quantitative estimate of drug-likeness (QED) is 0.820. The molecule has 1 aliphatic rings. The van der Waals surface area contributed by atoms with Crippen molar-refractivity contribution in [3.05, 3.63) is 39.4 Å². The Balaban J connectivity index is 1.73. The molecule has 1 saturated heterocycles. The Morgan fingerprint density at radius 3 is 3.15 bits per heavy atom. The van der Waals surface area contributed by atoms with Crippen LogP contribution >= 0.6 is 11.3 Å². The van der Waals surface area contributed by atoms with E-state index in [2.05, 4.69) is 41.4 Å². The van der Waals surface area contributed by atoms with Gasteiger partial charge in [-0.3, -0.25) is 4.90 Å². The lowest BCUT2D eigenvalue weighted by Gasteiger charge is -2.22. The van der Waals surface area contributed by atoms with E-state index in [9.17, 15) is 0 Å². The van der Waals surface area contributed by atoms with Crippen LogP contribution in [0.3, 0.4) is 0 Å². The molecule has 0 unspecified atom stereocenters. The van der Waals surface area contributed by atoms with Gasteiger partial charge < -0.3 is 4.52 Å². The molecule has 1 fully saturated rings. The molecule has 20 heavy (non-hydrogen) atoms. The van der Waals surface area contributed by atoms with Gasteiger partial charge in [-0.25, -0.2) is 0 Å². The van der Waals surface area contributed by atoms with Crippen LogP contribution in [0, 0.1) is 6.92 Å². The van der Waals surface area contributed by atoms with E-state index < -0.39 is 0 Å². The van der Waals surface area contributed by atoms with Crippen LogP contribution < -0.4 is 0 Å². The number of aryl methyl sites for hydroxylation is 2. The van der Waals surface area contributed by atoms with Gasteiger partial charge in [0.25, 0.3) is 0 Å². The van der Waals surface area contributed by atoms with Crippen molar-refractivity contribution in [2.75, 3.05) is 6.54 Å². The van der Waals surface area contributed by atoms with Crippen molar-refractivity contribution in [3.8, 4) is 0 Å². The molecule has 0 aliphatic carbocycles. The highest BCUT2D eigenvalue weighted by Crippen LogP contribution is 2.34. The van der Waals surface area contributed by atoms with Crippen molar-refractivity contribution in [1.29, 1.82) is 0 Å². The Labute approximate surface area is 124 Å². The molecule has 0 aromatic carbocycles. The lowest BCUT2D eigenvalue weighted by atomic mass is 10.1. The molecule has 0 spiro atoms. The third-order valence-electron chi connectivity index (χ3n) is 4.09. The third kappa shape index (κ3) is 2.81.